The van der Waals surface area contributed by atoms with Gasteiger partial charge < -0.3 is 21.4 Å². The Labute approximate surface area is 176 Å². The van der Waals surface area contributed by atoms with E-state index in [1.165, 1.54) is 0 Å². The van der Waals surface area contributed by atoms with Crippen molar-refractivity contribution in [3.8, 4) is 0 Å². The van der Waals surface area contributed by atoms with Crippen molar-refractivity contribution in [2.24, 2.45) is 0 Å². The highest BCUT2D eigenvalue weighted by Gasteiger charge is 2.26. The molecule has 3 aromatic rings. The summed E-state index contributed by atoms with van der Waals surface area (Å²) in [5, 5.41) is 5.80. The molecule has 4 rings (SSSR count). The fraction of sp³-hybridized carbons (Fsp3) is 0.182. The van der Waals surface area contributed by atoms with Crippen LogP contribution in [0.4, 0.5) is 11.4 Å². The van der Waals surface area contributed by atoms with Crippen LogP contribution in [0.15, 0.2) is 58.1 Å². The lowest BCUT2D eigenvalue weighted by molar-refractivity contribution is 0.0927. The molecule has 9 heteroatoms. The van der Waals surface area contributed by atoms with E-state index in [1.807, 2.05) is 29.2 Å². The Kier molecular flexibility index (Phi) is 5.40. The Bertz CT molecular complexity index is 1260. The van der Waals surface area contributed by atoms with E-state index in [9.17, 15) is 19.2 Å². The molecule has 0 unspecified atom stereocenters. The van der Waals surface area contributed by atoms with Crippen molar-refractivity contribution in [2.45, 2.75) is 25.3 Å². The zero-order chi connectivity index (χ0) is 22.0. The molecule has 0 radical (unpaired) electrons. The van der Waals surface area contributed by atoms with Crippen LogP contribution in [0.25, 0.3) is 0 Å². The maximum Gasteiger partial charge on any atom is 0.326 e. The zero-order valence-corrected chi connectivity index (χ0v) is 16.5. The molecule has 0 aliphatic heterocycles. The first-order chi connectivity index (χ1) is 14.9. The van der Waals surface area contributed by atoms with Gasteiger partial charge in [-0.05, 0) is 48.6 Å². The highest BCUT2D eigenvalue weighted by molar-refractivity contribution is 6.04. The van der Waals surface area contributed by atoms with Gasteiger partial charge >= 0.3 is 5.69 Å². The largest absolute Gasteiger partial charge is 0.392 e. The molecule has 1 atom stereocenters. The number of aromatic nitrogens is 2. The molecule has 1 heterocycles. The van der Waals surface area contributed by atoms with Crippen molar-refractivity contribution in [2.75, 3.05) is 11.1 Å². The second kappa shape index (κ2) is 8.31. The van der Waals surface area contributed by atoms with Crippen LogP contribution in [0, 0.1) is 0 Å². The van der Waals surface area contributed by atoms with Crippen LogP contribution in [0.5, 0.6) is 0 Å². The molecule has 0 bridgehead atoms. The number of rotatable bonds is 4. The number of carbonyl (C=O) groups is 2. The smallest absolute Gasteiger partial charge is 0.326 e. The highest BCUT2D eigenvalue weighted by atomic mass is 16.2. The number of amides is 2. The summed E-state index contributed by atoms with van der Waals surface area (Å²) in [4.78, 5) is 52.8. The summed E-state index contributed by atoms with van der Waals surface area (Å²) in [6.45, 7) is 0. The zero-order valence-electron chi connectivity index (χ0n) is 16.5. The molecular weight excluding hydrogens is 398 g/mol. The number of carbonyl (C=O) groups excluding carboxylic acids is 2. The topological polar surface area (TPSA) is 150 Å². The number of nitrogens with two attached hydrogens (primary N) is 1. The molecule has 0 saturated carbocycles. The highest BCUT2D eigenvalue weighted by Crippen LogP contribution is 2.34. The predicted molar refractivity (Wildman–Crippen MR) is 116 cm³/mol. The monoisotopic (exact) mass is 419 g/mol. The summed E-state index contributed by atoms with van der Waals surface area (Å²) < 4.78 is 0. The van der Waals surface area contributed by atoms with Gasteiger partial charge in [0.15, 0.2) is 0 Å². The van der Waals surface area contributed by atoms with Crippen molar-refractivity contribution >= 4 is 23.2 Å². The molecule has 0 fully saturated rings. The van der Waals surface area contributed by atoms with E-state index in [0.29, 0.717) is 17.7 Å². The van der Waals surface area contributed by atoms with Gasteiger partial charge in [-0.3, -0.25) is 19.4 Å². The van der Waals surface area contributed by atoms with Gasteiger partial charge in [0.25, 0.3) is 17.4 Å². The van der Waals surface area contributed by atoms with E-state index in [-0.39, 0.29) is 23.3 Å². The number of hydrogen-bond acceptors (Lipinski definition) is 5. The first-order valence-electron chi connectivity index (χ1n) is 9.85. The molecule has 1 aromatic heterocycles. The molecule has 6 N–H and O–H groups in total. The minimum Gasteiger partial charge on any atom is -0.392 e. The number of H-pyrrole nitrogens is 2. The van der Waals surface area contributed by atoms with Crippen molar-refractivity contribution in [1.82, 2.24) is 15.3 Å². The summed E-state index contributed by atoms with van der Waals surface area (Å²) in [7, 11) is 0. The molecular formula is C22H21N5O4. The van der Waals surface area contributed by atoms with Crippen LogP contribution < -0.4 is 27.6 Å². The van der Waals surface area contributed by atoms with Gasteiger partial charge in [0.2, 0.25) is 0 Å². The second-order valence-electron chi connectivity index (χ2n) is 7.31. The molecule has 0 spiro atoms. The Morgan fingerprint density at radius 2 is 1.74 bits per heavy atom. The lowest BCUT2D eigenvalue weighted by Crippen LogP contribution is -2.36. The maximum atomic E-state index is 12.7. The van der Waals surface area contributed by atoms with Crippen LogP contribution in [-0.4, -0.2) is 21.8 Å². The molecule has 1 aliphatic rings. The van der Waals surface area contributed by atoms with E-state index in [0.717, 1.165) is 24.0 Å². The normalized spacial score (nSPS) is 15.0. The first-order valence-corrected chi connectivity index (χ1v) is 9.85. The molecule has 158 valence electrons. The summed E-state index contributed by atoms with van der Waals surface area (Å²) in [5.74, 6) is -0.855. The Hall–Kier alpha value is -4.14. The van der Waals surface area contributed by atoms with Crippen LogP contribution in [0.2, 0.25) is 0 Å². The lowest BCUT2D eigenvalue weighted by atomic mass is 9.86. The molecule has 1 aliphatic carbocycles. The summed E-state index contributed by atoms with van der Waals surface area (Å²) in [6, 6.07) is 14.1. The lowest BCUT2D eigenvalue weighted by Gasteiger charge is -2.28. The third-order valence-electron chi connectivity index (χ3n) is 5.30. The number of fused-ring (bicyclic) bond motifs is 1. The number of hydrogen-bond donors (Lipinski definition) is 5. The van der Waals surface area contributed by atoms with Gasteiger partial charge in [-0.2, -0.15) is 0 Å². The summed E-state index contributed by atoms with van der Waals surface area (Å²) >= 11 is 0. The van der Waals surface area contributed by atoms with Gasteiger partial charge in [0.1, 0.15) is 11.4 Å². The van der Waals surface area contributed by atoms with Crippen molar-refractivity contribution in [3.63, 3.8) is 0 Å². The number of nitrogens with one attached hydrogen (secondary N) is 4. The summed E-state index contributed by atoms with van der Waals surface area (Å²) in [5.41, 5.74) is 6.47. The SMILES string of the molecule is Nc1c(C(=O)N[C@@H]2CCCc3c(NC(=O)c4ccccc4)cccc32)[nH]c(=O)[nH]c1=O. The average Bonchev–Trinajstić information content (AvgIpc) is 2.77. The average molecular weight is 419 g/mol. The Morgan fingerprint density at radius 1 is 0.968 bits per heavy atom. The maximum absolute atomic E-state index is 12.7. The minimum atomic E-state index is -0.816. The fourth-order valence-corrected chi connectivity index (χ4v) is 3.81. The summed E-state index contributed by atoms with van der Waals surface area (Å²) in [6.07, 6.45) is 2.20. The van der Waals surface area contributed by atoms with Gasteiger partial charge in [-0.1, -0.05) is 30.3 Å². The number of nitrogen functional groups attached to an aromatic ring is 1. The molecule has 2 amide bonds. The van der Waals surface area contributed by atoms with Crippen LogP contribution in [0.1, 0.15) is 50.9 Å². The molecule has 2 aromatic carbocycles. The van der Waals surface area contributed by atoms with Gasteiger partial charge in [0.05, 0.1) is 6.04 Å². The van der Waals surface area contributed by atoms with Crippen molar-refractivity contribution in [3.05, 3.63) is 91.8 Å². The van der Waals surface area contributed by atoms with Crippen LogP contribution in [-0.2, 0) is 6.42 Å². The van der Waals surface area contributed by atoms with E-state index in [4.69, 9.17) is 5.73 Å². The minimum absolute atomic E-state index is 0.214. The predicted octanol–water partition coefficient (Wildman–Crippen LogP) is 1.71. The van der Waals surface area contributed by atoms with E-state index in [2.05, 4.69) is 15.6 Å². The standard InChI is InChI=1S/C22H21N5O4/c23-17-18(26-22(31)27-20(17)29)21(30)25-16-11-5-8-13-14(16)9-4-10-15(13)24-19(28)12-6-2-1-3-7-12/h1-4,6-7,9-10,16H,5,8,11,23H2,(H,24,28)(H,25,30)(H2,26,27,29,31)/t16-/m1/s1. The Balaban J connectivity index is 1.60. The van der Waals surface area contributed by atoms with Gasteiger partial charge in [-0.15, -0.1) is 0 Å². The van der Waals surface area contributed by atoms with Crippen LogP contribution >= 0.6 is 0 Å². The van der Waals surface area contributed by atoms with E-state index < -0.39 is 17.2 Å². The second-order valence-corrected chi connectivity index (χ2v) is 7.31. The quantitative estimate of drug-likeness (QED) is 0.436. The third-order valence-corrected chi connectivity index (χ3v) is 5.30. The fourth-order valence-electron chi connectivity index (χ4n) is 3.81. The molecule has 9 nitrogen and oxygen atoms in total. The number of aromatic amines is 2. The molecule has 31 heavy (non-hydrogen) atoms. The van der Waals surface area contributed by atoms with E-state index in [1.54, 1.807) is 24.3 Å². The number of benzene rings is 2. The van der Waals surface area contributed by atoms with Crippen molar-refractivity contribution in [1.29, 1.82) is 0 Å². The first kappa shape index (κ1) is 20.1. The third kappa shape index (κ3) is 4.11. The van der Waals surface area contributed by atoms with E-state index >= 15 is 0 Å². The Morgan fingerprint density at radius 3 is 2.52 bits per heavy atom. The molecule has 0 saturated heterocycles. The van der Waals surface area contributed by atoms with Crippen LogP contribution in [0.3, 0.4) is 0 Å². The van der Waals surface area contributed by atoms with Gasteiger partial charge in [-0.25, -0.2) is 4.79 Å². The number of anilines is 2. The van der Waals surface area contributed by atoms with Gasteiger partial charge in [0, 0.05) is 11.3 Å². The van der Waals surface area contributed by atoms with Crippen molar-refractivity contribution < 1.29 is 9.59 Å².